The van der Waals surface area contributed by atoms with E-state index in [2.05, 4.69) is 9.97 Å². The Morgan fingerprint density at radius 3 is 2.80 bits per heavy atom. The first-order valence-corrected chi connectivity index (χ1v) is 6.13. The summed E-state index contributed by atoms with van der Waals surface area (Å²) in [5.74, 6) is 0.372. The zero-order valence-electron chi connectivity index (χ0n) is 10.9. The first-order chi connectivity index (χ1) is 9.62. The van der Waals surface area contributed by atoms with Crippen LogP contribution in [0.2, 0.25) is 0 Å². The van der Waals surface area contributed by atoms with E-state index in [1.54, 1.807) is 0 Å². The number of rotatable bonds is 4. The van der Waals surface area contributed by atoms with E-state index < -0.39 is 5.82 Å². The molecule has 5 nitrogen and oxygen atoms in total. The summed E-state index contributed by atoms with van der Waals surface area (Å²) in [6, 6.07) is 7.23. The van der Waals surface area contributed by atoms with Gasteiger partial charge < -0.3 is 10.5 Å². The highest BCUT2D eigenvalue weighted by Crippen LogP contribution is 2.24. The molecule has 0 saturated carbocycles. The highest BCUT2D eigenvalue weighted by Gasteiger charge is 2.09. The fourth-order valence-corrected chi connectivity index (χ4v) is 1.65. The van der Waals surface area contributed by atoms with Gasteiger partial charge in [-0.1, -0.05) is 6.92 Å². The standard InChI is InChI=1S/C14H13FN4O/c1-2-3-13-18-12(17)7-14(19-13)20-11-5-4-9(8-16)6-10(11)15/h4-7H,2-3H2,1H3,(H2,17,18,19). The summed E-state index contributed by atoms with van der Waals surface area (Å²) >= 11 is 0. The van der Waals surface area contributed by atoms with E-state index in [1.807, 2.05) is 13.0 Å². The van der Waals surface area contributed by atoms with Crippen LogP contribution in [0, 0.1) is 17.1 Å². The number of ether oxygens (including phenoxy) is 1. The third kappa shape index (κ3) is 3.20. The maximum atomic E-state index is 13.7. The zero-order chi connectivity index (χ0) is 14.5. The number of halogens is 1. The van der Waals surface area contributed by atoms with E-state index in [4.69, 9.17) is 15.7 Å². The Morgan fingerprint density at radius 1 is 1.35 bits per heavy atom. The van der Waals surface area contributed by atoms with Gasteiger partial charge in [0.1, 0.15) is 11.6 Å². The minimum absolute atomic E-state index is 0.00968. The minimum Gasteiger partial charge on any atom is -0.436 e. The number of nitrogens with zero attached hydrogens (tertiary/aromatic N) is 3. The molecule has 0 aliphatic heterocycles. The second-order valence-corrected chi connectivity index (χ2v) is 4.16. The summed E-state index contributed by atoms with van der Waals surface area (Å²) in [4.78, 5) is 8.22. The molecule has 0 fully saturated rings. The van der Waals surface area contributed by atoms with Crippen LogP contribution in [0.1, 0.15) is 24.7 Å². The lowest BCUT2D eigenvalue weighted by molar-refractivity contribution is 0.424. The molecule has 0 bridgehead atoms. The number of anilines is 1. The molecule has 6 heteroatoms. The van der Waals surface area contributed by atoms with Crippen LogP contribution in [-0.2, 0) is 6.42 Å². The molecule has 20 heavy (non-hydrogen) atoms. The van der Waals surface area contributed by atoms with Crippen molar-refractivity contribution in [2.24, 2.45) is 0 Å². The molecule has 102 valence electrons. The Bertz CT molecular complexity index is 667. The van der Waals surface area contributed by atoms with Crippen LogP contribution in [-0.4, -0.2) is 9.97 Å². The second-order valence-electron chi connectivity index (χ2n) is 4.16. The number of aryl methyl sites for hydroxylation is 1. The molecular formula is C14H13FN4O. The summed E-state index contributed by atoms with van der Waals surface area (Å²) in [7, 11) is 0. The summed E-state index contributed by atoms with van der Waals surface area (Å²) in [6.45, 7) is 1.99. The largest absolute Gasteiger partial charge is 0.436 e. The SMILES string of the molecule is CCCc1nc(N)cc(Oc2ccc(C#N)cc2F)n1. The molecule has 0 amide bonds. The van der Waals surface area contributed by atoms with Crippen molar-refractivity contribution in [3.8, 4) is 17.7 Å². The van der Waals surface area contributed by atoms with Gasteiger partial charge in [-0.15, -0.1) is 0 Å². The Kier molecular flexibility index (Phi) is 4.11. The number of aromatic nitrogens is 2. The smallest absolute Gasteiger partial charge is 0.224 e. The molecule has 2 N–H and O–H groups in total. The molecule has 0 radical (unpaired) electrons. The van der Waals surface area contributed by atoms with Gasteiger partial charge in [-0.05, 0) is 24.6 Å². The van der Waals surface area contributed by atoms with E-state index in [0.29, 0.717) is 12.2 Å². The van der Waals surface area contributed by atoms with E-state index >= 15 is 0 Å². The quantitative estimate of drug-likeness (QED) is 0.925. The highest BCUT2D eigenvalue weighted by molar-refractivity contribution is 5.39. The van der Waals surface area contributed by atoms with E-state index in [1.165, 1.54) is 18.2 Å². The molecule has 2 aromatic rings. The van der Waals surface area contributed by atoms with Crippen LogP contribution in [0.5, 0.6) is 11.6 Å². The topological polar surface area (TPSA) is 84.8 Å². The van der Waals surface area contributed by atoms with Crippen LogP contribution in [0.25, 0.3) is 0 Å². The first kappa shape index (κ1) is 13.7. The fraction of sp³-hybridized carbons (Fsp3) is 0.214. The van der Waals surface area contributed by atoms with Gasteiger partial charge in [-0.25, -0.2) is 9.37 Å². The van der Waals surface area contributed by atoms with E-state index in [0.717, 1.165) is 12.5 Å². The zero-order valence-corrected chi connectivity index (χ0v) is 10.9. The van der Waals surface area contributed by atoms with Crippen molar-refractivity contribution in [3.63, 3.8) is 0 Å². The van der Waals surface area contributed by atoms with Crippen molar-refractivity contribution < 1.29 is 9.13 Å². The molecule has 0 unspecified atom stereocenters. The molecule has 0 atom stereocenters. The molecular weight excluding hydrogens is 259 g/mol. The molecule has 0 aliphatic carbocycles. The Morgan fingerprint density at radius 2 is 2.15 bits per heavy atom. The summed E-state index contributed by atoms with van der Waals surface area (Å²) in [5.41, 5.74) is 5.88. The lowest BCUT2D eigenvalue weighted by Gasteiger charge is -2.08. The molecule has 1 aromatic carbocycles. The van der Waals surface area contributed by atoms with Gasteiger partial charge in [0.2, 0.25) is 5.88 Å². The van der Waals surface area contributed by atoms with Crippen LogP contribution >= 0.6 is 0 Å². The number of nitrogens with two attached hydrogens (primary N) is 1. The third-order valence-electron chi connectivity index (χ3n) is 2.52. The van der Waals surface area contributed by atoms with Crippen LogP contribution in [0.15, 0.2) is 24.3 Å². The van der Waals surface area contributed by atoms with Gasteiger partial charge in [0.15, 0.2) is 11.6 Å². The fourth-order valence-electron chi connectivity index (χ4n) is 1.65. The van der Waals surface area contributed by atoms with Gasteiger partial charge in [0.25, 0.3) is 0 Å². The van der Waals surface area contributed by atoms with Crippen molar-refractivity contribution in [1.82, 2.24) is 9.97 Å². The van der Waals surface area contributed by atoms with Gasteiger partial charge >= 0.3 is 0 Å². The third-order valence-corrected chi connectivity index (χ3v) is 2.52. The maximum absolute atomic E-state index is 13.7. The Balaban J connectivity index is 2.28. The van der Waals surface area contributed by atoms with Gasteiger partial charge in [-0.3, -0.25) is 0 Å². The van der Waals surface area contributed by atoms with E-state index in [-0.39, 0.29) is 23.0 Å². The van der Waals surface area contributed by atoms with E-state index in [9.17, 15) is 4.39 Å². The van der Waals surface area contributed by atoms with Gasteiger partial charge in [0, 0.05) is 12.5 Å². The Hall–Kier alpha value is -2.68. The molecule has 0 spiro atoms. The molecule has 0 saturated heterocycles. The predicted octanol–water partition coefficient (Wildman–Crippen LogP) is 2.81. The molecule has 2 rings (SSSR count). The lowest BCUT2D eigenvalue weighted by atomic mass is 10.2. The first-order valence-electron chi connectivity index (χ1n) is 6.13. The summed E-state index contributed by atoms with van der Waals surface area (Å²) < 4.78 is 19.1. The highest BCUT2D eigenvalue weighted by atomic mass is 19.1. The number of nitrogen functional groups attached to an aromatic ring is 1. The monoisotopic (exact) mass is 272 g/mol. The normalized spacial score (nSPS) is 10.1. The molecule has 1 aromatic heterocycles. The lowest BCUT2D eigenvalue weighted by Crippen LogP contribution is -2.02. The van der Waals surface area contributed by atoms with Crippen LogP contribution in [0.3, 0.4) is 0 Å². The van der Waals surface area contributed by atoms with Crippen molar-refractivity contribution in [2.45, 2.75) is 19.8 Å². The average molecular weight is 272 g/mol. The summed E-state index contributed by atoms with van der Waals surface area (Å²) in [6.07, 6.45) is 1.53. The second kappa shape index (κ2) is 5.97. The average Bonchev–Trinajstić information content (AvgIpc) is 2.41. The van der Waals surface area contributed by atoms with Crippen molar-refractivity contribution >= 4 is 5.82 Å². The molecule has 0 aliphatic rings. The number of nitriles is 1. The van der Waals surface area contributed by atoms with Crippen LogP contribution < -0.4 is 10.5 Å². The number of benzene rings is 1. The van der Waals surface area contributed by atoms with Crippen molar-refractivity contribution in [2.75, 3.05) is 5.73 Å². The van der Waals surface area contributed by atoms with Crippen LogP contribution in [0.4, 0.5) is 10.2 Å². The minimum atomic E-state index is -0.627. The maximum Gasteiger partial charge on any atom is 0.224 e. The predicted molar refractivity (Wildman–Crippen MR) is 71.6 cm³/mol. The van der Waals surface area contributed by atoms with Gasteiger partial charge in [0.05, 0.1) is 11.6 Å². The number of hydrogen-bond acceptors (Lipinski definition) is 5. The Labute approximate surface area is 115 Å². The van der Waals surface area contributed by atoms with Crippen molar-refractivity contribution in [3.05, 3.63) is 41.5 Å². The molecule has 1 heterocycles. The number of hydrogen-bond donors (Lipinski definition) is 1. The van der Waals surface area contributed by atoms with Crippen molar-refractivity contribution in [1.29, 1.82) is 5.26 Å². The van der Waals surface area contributed by atoms with Gasteiger partial charge in [-0.2, -0.15) is 10.2 Å². The summed E-state index contributed by atoms with van der Waals surface area (Å²) in [5, 5.41) is 8.68.